The van der Waals surface area contributed by atoms with Gasteiger partial charge in [-0.05, 0) is 39.3 Å². The van der Waals surface area contributed by atoms with Gasteiger partial charge in [0.1, 0.15) is 0 Å². The highest BCUT2D eigenvalue weighted by Crippen LogP contribution is 1.94. The summed E-state index contributed by atoms with van der Waals surface area (Å²) >= 11 is 0. The van der Waals surface area contributed by atoms with Crippen molar-refractivity contribution in [3.05, 3.63) is 12.2 Å². The Morgan fingerprint density at radius 3 is 2.46 bits per heavy atom. The normalized spacial score (nSPS) is 11.7. The predicted molar refractivity (Wildman–Crippen MR) is 57.9 cm³/mol. The molecule has 0 bridgehead atoms. The summed E-state index contributed by atoms with van der Waals surface area (Å²) in [6.45, 7) is 4.83. The lowest BCUT2D eigenvalue weighted by Gasteiger charge is -2.13. The van der Waals surface area contributed by atoms with Gasteiger partial charge in [-0.1, -0.05) is 19.1 Å². The molecule has 0 saturated carbocycles. The highest BCUT2D eigenvalue weighted by atomic mass is 16.2. The zero-order chi connectivity index (χ0) is 9.94. The molecule has 0 unspecified atom stereocenters. The maximum atomic E-state index is 8.54. The van der Waals surface area contributed by atoms with Crippen LogP contribution in [0.5, 0.6) is 0 Å². The molecule has 78 valence electrons. The molecule has 0 aliphatic heterocycles. The van der Waals surface area contributed by atoms with Crippen LogP contribution in [0, 0.1) is 0 Å². The first-order valence-corrected chi connectivity index (χ1v) is 5.25. The van der Waals surface area contributed by atoms with Gasteiger partial charge < -0.3 is 10.0 Å². The lowest BCUT2D eigenvalue weighted by Crippen LogP contribution is -2.19. The molecule has 0 radical (unpaired) electrons. The molecule has 2 nitrogen and oxygen atoms in total. The summed E-state index contributed by atoms with van der Waals surface area (Å²) in [6, 6.07) is 0. The molecule has 0 atom stereocenters. The first-order chi connectivity index (χ1) is 6.31. The van der Waals surface area contributed by atoms with E-state index in [-0.39, 0.29) is 0 Å². The van der Waals surface area contributed by atoms with Crippen molar-refractivity contribution < 1.29 is 5.11 Å². The molecule has 0 rings (SSSR count). The van der Waals surface area contributed by atoms with Crippen molar-refractivity contribution in [3.63, 3.8) is 0 Å². The molecule has 0 aromatic carbocycles. The Morgan fingerprint density at radius 2 is 1.85 bits per heavy atom. The highest BCUT2D eigenvalue weighted by Gasteiger charge is 1.92. The first kappa shape index (κ1) is 12.7. The third kappa shape index (κ3) is 9.57. The smallest absolute Gasteiger partial charge is 0.0433 e. The number of aliphatic hydroxyl groups is 1. The molecule has 0 aromatic heterocycles. The van der Waals surface area contributed by atoms with Gasteiger partial charge in [0.05, 0.1) is 0 Å². The zero-order valence-corrected chi connectivity index (χ0v) is 9.00. The maximum absolute atomic E-state index is 8.54. The monoisotopic (exact) mass is 185 g/mol. The average molecular weight is 185 g/mol. The van der Waals surface area contributed by atoms with E-state index < -0.39 is 0 Å². The molecule has 0 aromatic rings. The second-order valence-electron chi connectivity index (χ2n) is 3.43. The highest BCUT2D eigenvalue weighted by molar-refractivity contribution is 4.82. The van der Waals surface area contributed by atoms with Crippen molar-refractivity contribution in [3.8, 4) is 0 Å². The fraction of sp³-hybridized carbons (Fsp3) is 0.818. The summed E-state index contributed by atoms with van der Waals surface area (Å²) in [4.78, 5) is 2.34. The second kappa shape index (κ2) is 9.75. The van der Waals surface area contributed by atoms with Crippen LogP contribution in [0.25, 0.3) is 0 Å². The van der Waals surface area contributed by atoms with Crippen molar-refractivity contribution in [2.45, 2.75) is 32.6 Å². The molecular weight excluding hydrogens is 162 g/mol. The summed E-state index contributed by atoms with van der Waals surface area (Å²) in [6.07, 6.45) is 8.62. The Balaban J connectivity index is 3.18. The van der Waals surface area contributed by atoms with E-state index in [0.29, 0.717) is 6.61 Å². The SMILES string of the molecule is CCCN(C)CC/C=C/CCCO. The van der Waals surface area contributed by atoms with Crippen LogP contribution in [0.4, 0.5) is 0 Å². The molecule has 0 heterocycles. The molecule has 0 amide bonds. The van der Waals surface area contributed by atoms with Crippen molar-refractivity contribution in [2.24, 2.45) is 0 Å². The Hall–Kier alpha value is -0.340. The molecule has 0 aliphatic carbocycles. The van der Waals surface area contributed by atoms with Gasteiger partial charge in [0.15, 0.2) is 0 Å². The Kier molecular flexibility index (Phi) is 9.49. The maximum Gasteiger partial charge on any atom is 0.0433 e. The Labute approximate surface area is 82.3 Å². The number of unbranched alkanes of at least 4 members (excludes halogenated alkanes) is 1. The largest absolute Gasteiger partial charge is 0.396 e. The number of aliphatic hydroxyl groups excluding tert-OH is 1. The van der Waals surface area contributed by atoms with Crippen LogP contribution in [-0.2, 0) is 0 Å². The quantitative estimate of drug-likeness (QED) is 0.462. The van der Waals surface area contributed by atoms with Crippen LogP contribution in [0.1, 0.15) is 32.6 Å². The van der Waals surface area contributed by atoms with Crippen LogP contribution in [-0.4, -0.2) is 36.8 Å². The van der Waals surface area contributed by atoms with E-state index in [9.17, 15) is 0 Å². The molecule has 0 spiro atoms. The third-order valence-electron chi connectivity index (χ3n) is 1.98. The fourth-order valence-corrected chi connectivity index (χ4v) is 1.23. The lowest BCUT2D eigenvalue weighted by molar-refractivity contribution is 0.289. The standard InChI is InChI=1S/C11H23NO/c1-3-9-12(2)10-7-5-4-6-8-11-13/h4-5,13H,3,6-11H2,1-2H3/b5-4+. The van der Waals surface area contributed by atoms with E-state index in [1.165, 1.54) is 13.0 Å². The average Bonchev–Trinajstić information content (AvgIpc) is 2.11. The van der Waals surface area contributed by atoms with Gasteiger partial charge >= 0.3 is 0 Å². The molecule has 2 heteroatoms. The first-order valence-electron chi connectivity index (χ1n) is 5.25. The van der Waals surface area contributed by atoms with Crippen molar-refractivity contribution in [2.75, 3.05) is 26.7 Å². The molecule has 0 aliphatic rings. The van der Waals surface area contributed by atoms with Crippen LogP contribution < -0.4 is 0 Å². The van der Waals surface area contributed by atoms with Gasteiger partial charge in [-0.25, -0.2) is 0 Å². The summed E-state index contributed by atoms with van der Waals surface area (Å²) in [5.74, 6) is 0. The molecule has 0 saturated heterocycles. The second-order valence-corrected chi connectivity index (χ2v) is 3.43. The lowest BCUT2D eigenvalue weighted by atomic mass is 10.2. The molecule has 1 N–H and O–H groups in total. The Bertz CT molecular complexity index is 123. The van der Waals surface area contributed by atoms with Crippen LogP contribution in [0.2, 0.25) is 0 Å². The van der Waals surface area contributed by atoms with Gasteiger partial charge in [0.2, 0.25) is 0 Å². The summed E-state index contributed by atoms with van der Waals surface area (Å²) in [7, 11) is 2.16. The van der Waals surface area contributed by atoms with Crippen molar-refractivity contribution >= 4 is 0 Å². The number of nitrogens with zero attached hydrogens (tertiary/aromatic N) is 1. The van der Waals surface area contributed by atoms with E-state index in [0.717, 1.165) is 25.8 Å². The van der Waals surface area contributed by atoms with E-state index in [2.05, 4.69) is 31.0 Å². The fourth-order valence-electron chi connectivity index (χ4n) is 1.23. The number of hydrogen-bond acceptors (Lipinski definition) is 2. The van der Waals surface area contributed by atoms with Gasteiger partial charge in [-0.3, -0.25) is 0 Å². The van der Waals surface area contributed by atoms with E-state index in [1.807, 2.05) is 0 Å². The summed E-state index contributed by atoms with van der Waals surface area (Å²) in [5, 5.41) is 8.54. The summed E-state index contributed by atoms with van der Waals surface area (Å²) in [5.41, 5.74) is 0. The number of hydrogen-bond donors (Lipinski definition) is 1. The third-order valence-corrected chi connectivity index (χ3v) is 1.98. The topological polar surface area (TPSA) is 23.5 Å². The van der Waals surface area contributed by atoms with Gasteiger partial charge in [0.25, 0.3) is 0 Å². The zero-order valence-electron chi connectivity index (χ0n) is 9.00. The van der Waals surface area contributed by atoms with Gasteiger partial charge in [-0.2, -0.15) is 0 Å². The number of rotatable bonds is 8. The molecule has 0 fully saturated rings. The van der Waals surface area contributed by atoms with E-state index >= 15 is 0 Å². The predicted octanol–water partition coefficient (Wildman–Crippen LogP) is 2.05. The Morgan fingerprint density at radius 1 is 1.15 bits per heavy atom. The van der Waals surface area contributed by atoms with Crippen molar-refractivity contribution in [1.82, 2.24) is 4.90 Å². The van der Waals surface area contributed by atoms with Crippen LogP contribution in [0.15, 0.2) is 12.2 Å². The minimum atomic E-state index is 0.306. The summed E-state index contributed by atoms with van der Waals surface area (Å²) < 4.78 is 0. The van der Waals surface area contributed by atoms with Crippen LogP contribution >= 0.6 is 0 Å². The van der Waals surface area contributed by atoms with Crippen LogP contribution in [0.3, 0.4) is 0 Å². The molecular formula is C11H23NO. The van der Waals surface area contributed by atoms with Crippen molar-refractivity contribution in [1.29, 1.82) is 0 Å². The van der Waals surface area contributed by atoms with Gasteiger partial charge in [-0.15, -0.1) is 0 Å². The van der Waals surface area contributed by atoms with Gasteiger partial charge in [0, 0.05) is 13.2 Å². The minimum absolute atomic E-state index is 0.306. The van der Waals surface area contributed by atoms with E-state index in [1.54, 1.807) is 0 Å². The van der Waals surface area contributed by atoms with E-state index in [4.69, 9.17) is 5.11 Å². The number of allylic oxidation sites excluding steroid dienone is 1. The minimum Gasteiger partial charge on any atom is -0.396 e. The molecule has 13 heavy (non-hydrogen) atoms.